The summed E-state index contributed by atoms with van der Waals surface area (Å²) in [5.41, 5.74) is 1.20. The van der Waals surface area contributed by atoms with Gasteiger partial charge in [-0.25, -0.2) is 4.39 Å². The molecule has 0 heterocycles. The first-order chi connectivity index (χ1) is 9.27. The molecule has 0 spiro atoms. The molecule has 102 valence electrons. The lowest BCUT2D eigenvalue weighted by Gasteiger charge is -2.19. The molecule has 0 saturated heterocycles. The Balaban J connectivity index is 2.34. The van der Waals surface area contributed by atoms with Crippen LogP contribution in [0.15, 0.2) is 36.4 Å². The first kappa shape index (κ1) is 14.0. The van der Waals surface area contributed by atoms with E-state index in [0.29, 0.717) is 6.04 Å². The van der Waals surface area contributed by atoms with E-state index in [2.05, 4.69) is 12.2 Å². The Morgan fingerprint density at radius 3 is 2.47 bits per heavy atom. The zero-order valence-electron chi connectivity index (χ0n) is 11.7. The van der Waals surface area contributed by atoms with Crippen molar-refractivity contribution in [3.05, 3.63) is 47.8 Å². The number of halogens is 1. The Bertz CT molecular complexity index is 536. The molecule has 0 saturated carbocycles. The molecule has 0 aromatic heterocycles. The number of unbranched alkanes of at least 4 members (excludes halogenated alkanes) is 2. The van der Waals surface area contributed by atoms with Gasteiger partial charge in [-0.15, -0.1) is 0 Å². The van der Waals surface area contributed by atoms with Crippen LogP contribution in [0.25, 0.3) is 10.8 Å². The van der Waals surface area contributed by atoms with Crippen molar-refractivity contribution in [2.75, 3.05) is 7.05 Å². The minimum atomic E-state index is -0.136. The Labute approximate surface area is 114 Å². The van der Waals surface area contributed by atoms with E-state index in [1.54, 1.807) is 6.07 Å². The van der Waals surface area contributed by atoms with Gasteiger partial charge in [0.2, 0.25) is 0 Å². The van der Waals surface area contributed by atoms with E-state index < -0.39 is 0 Å². The molecule has 2 rings (SSSR count). The summed E-state index contributed by atoms with van der Waals surface area (Å²) in [6.45, 7) is 2.21. The highest BCUT2D eigenvalue weighted by molar-refractivity contribution is 5.86. The molecule has 0 aliphatic carbocycles. The lowest BCUT2D eigenvalue weighted by molar-refractivity contribution is 0.514. The van der Waals surface area contributed by atoms with E-state index in [9.17, 15) is 4.39 Å². The molecule has 0 amide bonds. The maximum atomic E-state index is 13.8. The number of fused-ring (bicyclic) bond motifs is 1. The van der Waals surface area contributed by atoms with Crippen LogP contribution < -0.4 is 5.32 Å². The van der Waals surface area contributed by atoms with Crippen molar-refractivity contribution >= 4 is 10.8 Å². The quantitative estimate of drug-likeness (QED) is 0.733. The fraction of sp³-hybridized carbons (Fsp3) is 0.412. The summed E-state index contributed by atoms with van der Waals surface area (Å²) in [5.74, 6) is -0.136. The topological polar surface area (TPSA) is 12.0 Å². The first-order valence-electron chi connectivity index (χ1n) is 7.12. The second kappa shape index (κ2) is 6.67. The predicted molar refractivity (Wildman–Crippen MR) is 79.8 cm³/mol. The van der Waals surface area contributed by atoms with E-state index in [0.717, 1.165) is 17.2 Å². The summed E-state index contributed by atoms with van der Waals surface area (Å²) in [6, 6.07) is 11.5. The maximum absolute atomic E-state index is 13.8. The smallest absolute Gasteiger partial charge is 0.131 e. The van der Waals surface area contributed by atoms with Crippen LogP contribution in [0.4, 0.5) is 4.39 Å². The fourth-order valence-corrected chi connectivity index (χ4v) is 2.64. The van der Waals surface area contributed by atoms with Gasteiger partial charge in [0, 0.05) is 11.4 Å². The summed E-state index contributed by atoms with van der Waals surface area (Å²) in [6.07, 6.45) is 4.77. The monoisotopic (exact) mass is 259 g/mol. The Hall–Kier alpha value is -1.41. The van der Waals surface area contributed by atoms with Crippen molar-refractivity contribution in [3.8, 4) is 0 Å². The van der Waals surface area contributed by atoms with Crippen LogP contribution in [0.2, 0.25) is 0 Å². The molecule has 0 aliphatic rings. The number of benzene rings is 2. The molecule has 19 heavy (non-hydrogen) atoms. The molecule has 1 unspecified atom stereocenters. The van der Waals surface area contributed by atoms with Gasteiger partial charge < -0.3 is 5.32 Å². The highest BCUT2D eigenvalue weighted by Gasteiger charge is 2.13. The standard InChI is InChI=1S/C17H22FN/c1-3-4-5-10-17(19-2)15-11-12-16(18)14-9-7-6-8-13(14)15/h6-9,11-12,17,19H,3-5,10H2,1-2H3. The van der Waals surface area contributed by atoms with Gasteiger partial charge in [-0.1, -0.05) is 56.5 Å². The molecule has 1 nitrogen and oxygen atoms in total. The summed E-state index contributed by atoms with van der Waals surface area (Å²) < 4.78 is 13.8. The Kier molecular flexibility index (Phi) is 4.92. The van der Waals surface area contributed by atoms with Crippen molar-refractivity contribution in [2.24, 2.45) is 0 Å². The number of hydrogen-bond acceptors (Lipinski definition) is 1. The molecule has 1 atom stereocenters. The van der Waals surface area contributed by atoms with Crippen LogP contribution in [0, 0.1) is 5.82 Å². The summed E-state index contributed by atoms with van der Waals surface area (Å²) in [7, 11) is 1.98. The maximum Gasteiger partial charge on any atom is 0.131 e. The minimum absolute atomic E-state index is 0.136. The average Bonchev–Trinajstić information content (AvgIpc) is 2.45. The van der Waals surface area contributed by atoms with Crippen molar-refractivity contribution in [2.45, 2.75) is 38.6 Å². The highest BCUT2D eigenvalue weighted by Crippen LogP contribution is 2.29. The van der Waals surface area contributed by atoms with E-state index >= 15 is 0 Å². The van der Waals surface area contributed by atoms with Crippen molar-refractivity contribution in [3.63, 3.8) is 0 Å². The second-order valence-electron chi connectivity index (χ2n) is 5.02. The fourth-order valence-electron chi connectivity index (χ4n) is 2.64. The third-order valence-electron chi connectivity index (χ3n) is 3.72. The molecule has 2 aromatic carbocycles. The van der Waals surface area contributed by atoms with E-state index in [4.69, 9.17) is 0 Å². The molecule has 0 fully saturated rings. The molecular weight excluding hydrogens is 237 g/mol. The third-order valence-corrected chi connectivity index (χ3v) is 3.72. The highest BCUT2D eigenvalue weighted by atomic mass is 19.1. The van der Waals surface area contributed by atoms with Crippen LogP contribution in [-0.2, 0) is 0 Å². The lowest BCUT2D eigenvalue weighted by atomic mass is 9.95. The van der Waals surface area contributed by atoms with Gasteiger partial charge >= 0.3 is 0 Å². The van der Waals surface area contributed by atoms with Gasteiger partial charge in [0.05, 0.1) is 0 Å². The van der Waals surface area contributed by atoms with Gasteiger partial charge in [-0.2, -0.15) is 0 Å². The molecule has 2 aromatic rings. The largest absolute Gasteiger partial charge is 0.313 e. The second-order valence-corrected chi connectivity index (χ2v) is 5.02. The number of hydrogen-bond donors (Lipinski definition) is 1. The van der Waals surface area contributed by atoms with Crippen molar-refractivity contribution < 1.29 is 4.39 Å². The SMILES string of the molecule is CCCCCC(NC)c1ccc(F)c2ccccc12. The molecule has 0 bridgehead atoms. The molecule has 0 aliphatic heterocycles. The summed E-state index contributed by atoms with van der Waals surface area (Å²) in [4.78, 5) is 0. The molecule has 1 N–H and O–H groups in total. The van der Waals surface area contributed by atoms with Crippen LogP contribution >= 0.6 is 0 Å². The van der Waals surface area contributed by atoms with E-state index in [-0.39, 0.29) is 5.82 Å². The van der Waals surface area contributed by atoms with Crippen LogP contribution in [0.1, 0.15) is 44.2 Å². The van der Waals surface area contributed by atoms with E-state index in [1.165, 1.54) is 24.8 Å². The number of rotatable bonds is 6. The van der Waals surface area contributed by atoms with Gasteiger partial charge in [0.1, 0.15) is 5.82 Å². The van der Waals surface area contributed by atoms with Gasteiger partial charge in [0.15, 0.2) is 0 Å². The third kappa shape index (κ3) is 3.13. The lowest BCUT2D eigenvalue weighted by Crippen LogP contribution is -2.16. The zero-order chi connectivity index (χ0) is 13.7. The predicted octanol–water partition coefficient (Wildman–Crippen LogP) is 4.82. The van der Waals surface area contributed by atoms with Crippen molar-refractivity contribution in [1.82, 2.24) is 5.32 Å². The molecular formula is C17H22FN. The van der Waals surface area contributed by atoms with Crippen molar-refractivity contribution in [1.29, 1.82) is 0 Å². The van der Waals surface area contributed by atoms with Crippen LogP contribution in [0.5, 0.6) is 0 Å². The van der Waals surface area contributed by atoms with Crippen LogP contribution in [-0.4, -0.2) is 7.05 Å². The van der Waals surface area contributed by atoms with Gasteiger partial charge in [0.25, 0.3) is 0 Å². The molecule has 0 radical (unpaired) electrons. The van der Waals surface area contributed by atoms with Gasteiger partial charge in [-0.05, 0) is 30.5 Å². The normalized spacial score (nSPS) is 12.8. The van der Waals surface area contributed by atoms with Crippen LogP contribution in [0.3, 0.4) is 0 Å². The molecule has 2 heteroatoms. The Morgan fingerprint density at radius 1 is 1.05 bits per heavy atom. The zero-order valence-corrected chi connectivity index (χ0v) is 11.7. The van der Waals surface area contributed by atoms with E-state index in [1.807, 2.05) is 37.4 Å². The minimum Gasteiger partial charge on any atom is -0.313 e. The van der Waals surface area contributed by atoms with Gasteiger partial charge in [-0.3, -0.25) is 0 Å². The number of nitrogens with one attached hydrogen (secondary N) is 1. The Morgan fingerprint density at radius 2 is 1.79 bits per heavy atom. The first-order valence-corrected chi connectivity index (χ1v) is 7.12. The summed E-state index contributed by atoms with van der Waals surface area (Å²) in [5, 5.41) is 5.11. The average molecular weight is 259 g/mol. The summed E-state index contributed by atoms with van der Waals surface area (Å²) >= 11 is 0.